The molecule has 0 aromatic carbocycles. The summed E-state index contributed by atoms with van der Waals surface area (Å²) in [4.78, 5) is 16.3. The molecule has 0 aliphatic heterocycles. The van der Waals surface area contributed by atoms with Crippen LogP contribution in [-0.2, 0) is 0 Å². The van der Waals surface area contributed by atoms with E-state index in [0.717, 1.165) is 6.29 Å². The highest BCUT2D eigenvalue weighted by molar-refractivity contribution is 5.71. The van der Waals surface area contributed by atoms with Crippen LogP contribution in [0.25, 0.3) is 0 Å². The lowest BCUT2D eigenvalue weighted by atomic mass is 10.5. The van der Waals surface area contributed by atoms with Gasteiger partial charge in [0.05, 0.1) is 5.69 Å². The number of pyridine rings is 1. The molecule has 1 N–H and O–H groups in total. The van der Waals surface area contributed by atoms with Crippen molar-refractivity contribution in [1.82, 2.24) is 9.97 Å². The average molecular weight is 174 g/mol. The van der Waals surface area contributed by atoms with Crippen molar-refractivity contribution in [3.05, 3.63) is 54.6 Å². The highest BCUT2D eigenvalue weighted by Crippen LogP contribution is 1.85. The van der Waals surface area contributed by atoms with E-state index in [9.17, 15) is 4.79 Å². The van der Waals surface area contributed by atoms with Gasteiger partial charge in [-0.15, -0.1) is 0 Å². The zero-order valence-corrected chi connectivity index (χ0v) is 7.05. The molecule has 0 aliphatic rings. The Kier molecular flexibility index (Phi) is 4.04. The van der Waals surface area contributed by atoms with Crippen LogP contribution in [0.1, 0.15) is 10.5 Å². The molecule has 13 heavy (non-hydrogen) atoms. The second kappa shape index (κ2) is 5.71. The lowest BCUT2D eigenvalue weighted by Crippen LogP contribution is -1.72. The second-order valence-electron chi connectivity index (χ2n) is 2.27. The third-order valence-electron chi connectivity index (χ3n) is 1.32. The maximum absolute atomic E-state index is 9.84. The average Bonchev–Trinajstić information content (AvgIpc) is 2.74. The number of hydrogen-bond donors (Lipinski definition) is 1. The monoisotopic (exact) mass is 174 g/mol. The summed E-state index contributed by atoms with van der Waals surface area (Å²) < 4.78 is 0. The molecule has 0 atom stereocenters. The Labute approximate surface area is 76.4 Å². The van der Waals surface area contributed by atoms with Gasteiger partial charge >= 0.3 is 0 Å². The summed E-state index contributed by atoms with van der Waals surface area (Å²) in [6.45, 7) is 0. The number of hydrogen-bond acceptors (Lipinski definition) is 2. The zero-order chi connectivity index (χ0) is 9.36. The molecule has 3 nitrogen and oxygen atoms in total. The van der Waals surface area contributed by atoms with Crippen LogP contribution in [0, 0.1) is 0 Å². The summed E-state index contributed by atoms with van der Waals surface area (Å²) in [6, 6.07) is 9.21. The van der Waals surface area contributed by atoms with E-state index >= 15 is 0 Å². The summed E-state index contributed by atoms with van der Waals surface area (Å²) in [7, 11) is 0. The minimum absolute atomic E-state index is 0.625. The molecule has 0 saturated heterocycles. The Balaban J connectivity index is 0.000000132. The number of aldehydes is 1. The third kappa shape index (κ3) is 3.86. The van der Waals surface area contributed by atoms with Gasteiger partial charge in [-0.1, -0.05) is 6.07 Å². The van der Waals surface area contributed by atoms with E-state index in [0.29, 0.717) is 5.69 Å². The maximum atomic E-state index is 9.84. The summed E-state index contributed by atoms with van der Waals surface area (Å²) in [5.74, 6) is 0. The quantitative estimate of drug-likeness (QED) is 0.671. The molecule has 0 bridgehead atoms. The van der Waals surface area contributed by atoms with E-state index in [1.54, 1.807) is 30.7 Å². The molecule has 66 valence electrons. The molecule has 2 aromatic heterocycles. The van der Waals surface area contributed by atoms with Crippen molar-refractivity contribution in [1.29, 1.82) is 0 Å². The Hall–Kier alpha value is -1.90. The number of H-pyrrole nitrogens is 1. The minimum atomic E-state index is 0.625. The van der Waals surface area contributed by atoms with Crippen molar-refractivity contribution < 1.29 is 4.79 Å². The van der Waals surface area contributed by atoms with Crippen LogP contribution in [0.3, 0.4) is 0 Å². The number of rotatable bonds is 1. The fourth-order valence-corrected chi connectivity index (χ4v) is 0.730. The van der Waals surface area contributed by atoms with E-state index < -0.39 is 0 Å². The maximum Gasteiger partial charge on any atom is 0.166 e. The van der Waals surface area contributed by atoms with E-state index in [1.807, 2.05) is 18.2 Å². The van der Waals surface area contributed by atoms with Gasteiger partial charge in [0.2, 0.25) is 0 Å². The van der Waals surface area contributed by atoms with Crippen molar-refractivity contribution >= 4 is 6.29 Å². The van der Waals surface area contributed by atoms with Crippen LogP contribution in [0.5, 0.6) is 0 Å². The van der Waals surface area contributed by atoms with Crippen LogP contribution in [0.2, 0.25) is 0 Å². The van der Waals surface area contributed by atoms with Crippen LogP contribution < -0.4 is 0 Å². The number of aromatic amines is 1. The first kappa shape index (κ1) is 9.19. The first-order valence-corrected chi connectivity index (χ1v) is 3.87. The molecule has 2 rings (SSSR count). The zero-order valence-electron chi connectivity index (χ0n) is 7.05. The van der Waals surface area contributed by atoms with Gasteiger partial charge in [-0.3, -0.25) is 9.78 Å². The normalized spacial score (nSPS) is 8.31. The van der Waals surface area contributed by atoms with Gasteiger partial charge in [-0.25, -0.2) is 0 Å². The molecular formula is C10H10N2O. The molecule has 0 radical (unpaired) electrons. The van der Waals surface area contributed by atoms with E-state index in [-0.39, 0.29) is 0 Å². The van der Waals surface area contributed by atoms with Crippen molar-refractivity contribution in [2.45, 2.75) is 0 Å². The van der Waals surface area contributed by atoms with Crippen molar-refractivity contribution in [3.8, 4) is 0 Å². The molecule has 2 heterocycles. The number of aromatic nitrogens is 2. The highest BCUT2D eigenvalue weighted by atomic mass is 16.1. The molecule has 2 aromatic rings. The standard InChI is InChI=1S/C5H5NO.C5H5N/c7-4-5-2-1-3-6-5;1-2-4-6-5-3-1/h1-4,6H;1-5H. The molecule has 0 aliphatic carbocycles. The van der Waals surface area contributed by atoms with Gasteiger partial charge in [0.15, 0.2) is 6.29 Å². The Morgan fingerprint density at radius 1 is 1.15 bits per heavy atom. The number of carbonyl (C=O) groups excluding carboxylic acids is 1. The molecule has 0 saturated carbocycles. The lowest BCUT2D eigenvalue weighted by Gasteiger charge is -1.70. The lowest BCUT2D eigenvalue weighted by molar-refractivity contribution is 0.111. The smallest absolute Gasteiger partial charge is 0.166 e. The Morgan fingerprint density at radius 3 is 2.15 bits per heavy atom. The Bertz CT molecular complexity index is 289. The van der Waals surface area contributed by atoms with Gasteiger partial charge in [0.1, 0.15) is 0 Å². The van der Waals surface area contributed by atoms with Gasteiger partial charge in [0.25, 0.3) is 0 Å². The van der Waals surface area contributed by atoms with E-state index in [4.69, 9.17) is 0 Å². The predicted molar refractivity (Wildman–Crippen MR) is 50.4 cm³/mol. The first-order chi connectivity index (χ1) is 6.43. The van der Waals surface area contributed by atoms with Gasteiger partial charge in [0, 0.05) is 18.6 Å². The summed E-state index contributed by atoms with van der Waals surface area (Å²) >= 11 is 0. The Morgan fingerprint density at radius 2 is 1.92 bits per heavy atom. The second-order valence-corrected chi connectivity index (χ2v) is 2.27. The number of carbonyl (C=O) groups is 1. The van der Waals surface area contributed by atoms with Crippen molar-refractivity contribution in [2.24, 2.45) is 0 Å². The van der Waals surface area contributed by atoms with Gasteiger partial charge in [-0.2, -0.15) is 0 Å². The summed E-state index contributed by atoms with van der Waals surface area (Å²) in [5, 5.41) is 0. The fraction of sp³-hybridized carbons (Fsp3) is 0. The summed E-state index contributed by atoms with van der Waals surface area (Å²) in [6.07, 6.45) is 5.99. The van der Waals surface area contributed by atoms with Crippen LogP contribution in [0.15, 0.2) is 48.9 Å². The largest absolute Gasteiger partial charge is 0.359 e. The van der Waals surface area contributed by atoms with Gasteiger partial charge in [-0.05, 0) is 24.3 Å². The topological polar surface area (TPSA) is 45.8 Å². The third-order valence-corrected chi connectivity index (χ3v) is 1.32. The van der Waals surface area contributed by atoms with Crippen LogP contribution in [-0.4, -0.2) is 16.3 Å². The molecule has 0 fully saturated rings. The van der Waals surface area contributed by atoms with E-state index in [2.05, 4.69) is 9.97 Å². The fourth-order valence-electron chi connectivity index (χ4n) is 0.730. The highest BCUT2D eigenvalue weighted by Gasteiger charge is 1.81. The molecule has 0 unspecified atom stereocenters. The van der Waals surface area contributed by atoms with E-state index in [1.165, 1.54) is 0 Å². The number of nitrogens with one attached hydrogen (secondary N) is 1. The SMILES string of the molecule is O=Cc1ccc[nH]1.c1ccncc1. The predicted octanol–water partition coefficient (Wildman–Crippen LogP) is 1.91. The molecule has 0 amide bonds. The minimum Gasteiger partial charge on any atom is -0.359 e. The van der Waals surface area contributed by atoms with Crippen LogP contribution >= 0.6 is 0 Å². The van der Waals surface area contributed by atoms with Crippen molar-refractivity contribution in [3.63, 3.8) is 0 Å². The summed E-state index contributed by atoms with van der Waals surface area (Å²) in [5.41, 5.74) is 0.625. The molecule has 3 heteroatoms. The number of nitrogens with zero attached hydrogens (tertiary/aromatic N) is 1. The molecular weight excluding hydrogens is 164 g/mol. The first-order valence-electron chi connectivity index (χ1n) is 3.87. The van der Waals surface area contributed by atoms with Gasteiger partial charge < -0.3 is 4.98 Å². The van der Waals surface area contributed by atoms with Crippen LogP contribution in [0.4, 0.5) is 0 Å². The van der Waals surface area contributed by atoms with Crippen molar-refractivity contribution in [2.75, 3.05) is 0 Å². The molecule has 0 spiro atoms.